The van der Waals surface area contributed by atoms with E-state index in [-0.39, 0.29) is 18.7 Å². The zero-order valence-electron chi connectivity index (χ0n) is 11.3. The standard InChI is InChI=1S/C14H18BrNO4/c1-2-20-7-6-13(17)16-12(9-14(18)19)10-4-3-5-11(15)8-10/h3-5,8,12H,2,6-7,9H2,1H3,(H,16,17)(H,18,19). The summed E-state index contributed by atoms with van der Waals surface area (Å²) >= 11 is 3.33. The molecule has 1 rings (SSSR count). The molecule has 0 aliphatic heterocycles. The lowest BCUT2D eigenvalue weighted by molar-refractivity contribution is -0.137. The minimum Gasteiger partial charge on any atom is -0.481 e. The first kappa shape index (κ1) is 16.7. The highest BCUT2D eigenvalue weighted by atomic mass is 79.9. The molecule has 0 heterocycles. The monoisotopic (exact) mass is 343 g/mol. The van der Waals surface area contributed by atoms with Gasteiger partial charge in [0.2, 0.25) is 5.91 Å². The van der Waals surface area contributed by atoms with Crippen LogP contribution in [0.4, 0.5) is 0 Å². The van der Waals surface area contributed by atoms with Crippen LogP contribution in [-0.4, -0.2) is 30.2 Å². The van der Waals surface area contributed by atoms with Gasteiger partial charge in [-0.25, -0.2) is 0 Å². The first-order chi connectivity index (χ1) is 9.52. The molecule has 0 bridgehead atoms. The van der Waals surface area contributed by atoms with Crippen LogP contribution in [0.1, 0.15) is 31.4 Å². The molecule has 2 N–H and O–H groups in total. The number of aliphatic carboxylic acids is 1. The summed E-state index contributed by atoms with van der Waals surface area (Å²) in [6.07, 6.45) is 0.0643. The van der Waals surface area contributed by atoms with Crippen molar-refractivity contribution in [2.75, 3.05) is 13.2 Å². The van der Waals surface area contributed by atoms with E-state index in [1.165, 1.54) is 0 Å². The fourth-order valence-corrected chi connectivity index (χ4v) is 2.14. The van der Waals surface area contributed by atoms with Crippen LogP contribution < -0.4 is 5.32 Å². The number of hydrogen-bond donors (Lipinski definition) is 2. The highest BCUT2D eigenvalue weighted by molar-refractivity contribution is 9.10. The number of carbonyl (C=O) groups excluding carboxylic acids is 1. The van der Waals surface area contributed by atoms with Crippen LogP contribution >= 0.6 is 15.9 Å². The Labute approximate surface area is 126 Å². The Balaban J connectivity index is 2.69. The minimum atomic E-state index is -0.958. The number of carboxylic acids is 1. The predicted octanol–water partition coefficient (Wildman–Crippen LogP) is 2.51. The molecule has 0 saturated carbocycles. The van der Waals surface area contributed by atoms with E-state index in [9.17, 15) is 9.59 Å². The van der Waals surface area contributed by atoms with E-state index in [0.29, 0.717) is 13.2 Å². The summed E-state index contributed by atoms with van der Waals surface area (Å²) in [5.74, 6) is -1.18. The van der Waals surface area contributed by atoms with Crippen molar-refractivity contribution < 1.29 is 19.4 Å². The van der Waals surface area contributed by atoms with Crippen LogP contribution in [0.2, 0.25) is 0 Å². The van der Waals surface area contributed by atoms with Gasteiger partial charge in [-0.3, -0.25) is 9.59 Å². The Morgan fingerprint density at radius 3 is 2.80 bits per heavy atom. The Morgan fingerprint density at radius 1 is 1.45 bits per heavy atom. The number of carbonyl (C=O) groups is 2. The molecular formula is C14H18BrNO4. The molecule has 0 radical (unpaired) electrons. The van der Waals surface area contributed by atoms with Gasteiger partial charge in [0, 0.05) is 17.5 Å². The van der Waals surface area contributed by atoms with Gasteiger partial charge in [0.25, 0.3) is 0 Å². The van der Waals surface area contributed by atoms with Crippen molar-refractivity contribution >= 4 is 27.8 Å². The van der Waals surface area contributed by atoms with Crippen LogP contribution in [0.25, 0.3) is 0 Å². The number of amides is 1. The molecule has 0 spiro atoms. The lowest BCUT2D eigenvalue weighted by atomic mass is 10.0. The van der Waals surface area contributed by atoms with Gasteiger partial charge in [0.05, 0.1) is 19.1 Å². The van der Waals surface area contributed by atoms with Gasteiger partial charge in [-0.2, -0.15) is 0 Å². The summed E-state index contributed by atoms with van der Waals surface area (Å²) in [7, 11) is 0. The molecule has 0 aliphatic carbocycles. The summed E-state index contributed by atoms with van der Waals surface area (Å²) in [5.41, 5.74) is 0.756. The molecule has 110 valence electrons. The number of nitrogens with one attached hydrogen (secondary N) is 1. The number of halogens is 1. The predicted molar refractivity (Wildman–Crippen MR) is 78.4 cm³/mol. The van der Waals surface area contributed by atoms with E-state index in [0.717, 1.165) is 10.0 Å². The zero-order chi connectivity index (χ0) is 15.0. The molecule has 0 aliphatic rings. The molecule has 0 saturated heterocycles. The highest BCUT2D eigenvalue weighted by Gasteiger charge is 2.18. The second kappa shape index (κ2) is 8.71. The molecule has 5 nitrogen and oxygen atoms in total. The third-order valence-electron chi connectivity index (χ3n) is 2.64. The summed E-state index contributed by atoms with van der Waals surface area (Å²) in [6, 6.07) is 6.70. The average molecular weight is 344 g/mol. The first-order valence-electron chi connectivity index (χ1n) is 6.37. The van der Waals surface area contributed by atoms with Crippen molar-refractivity contribution in [3.05, 3.63) is 34.3 Å². The van der Waals surface area contributed by atoms with Crippen LogP contribution in [0, 0.1) is 0 Å². The fraction of sp³-hybridized carbons (Fsp3) is 0.429. The Bertz CT molecular complexity index is 464. The Morgan fingerprint density at radius 2 is 2.20 bits per heavy atom. The van der Waals surface area contributed by atoms with Gasteiger partial charge < -0.3 is 15.2 Å². The van der Waals surface area contributed by atoms with E-state index >= 15 is 0 Å². The van der Waals surface area contributed by atoms with E-state index < -0.39 is 12.0 Å². The van der Waals surface area contributed by atoms with Crippen LogP contribution in [0.15, 0.2) is 28.7 Å². The second-order valence-corrected chi connectivity index (χ2v) is 5.14. The molecule has 0 fully saturated rings. The Hall–Kier alpha value is -1.40. The zero-order valence-corrected chi connectivity index (χ0v) is 12.9. The van der Waals surface area contributed by atoms with Crippen molar-refractivity contribution in [3.8, 4) is 0 Å². The highest BCUT2D eigenvalue weighted by Crippen LogP contribution is 2.21. The van der Waals surface area contributed by atoms with Crippen molar-refractivity contribution in [3.63, 3.8) is 0 Å². The third kappa shape index (κ3) is 6.16. The smallest absolute Gasteiger partial charge is 0.305 e. The summed E-state index contributed by atoms with van der Waals surface area (Å²) in [6.45, 7) is 2.74. The maximum absolute atomic E-state index is 11.8. The number of ether oxygens (including phenoxy) is 1. The van der Waals surface area contributed by atoms with E-state index in [4.69, 9.17) is 9.84 Å². The van der Waals surface area contributed by atoms with Gasteiger partial charge in [0.1, 0.15) is 0 Å². The van der Waals surface area contributed by atoms with Gasteiger partial charge in [-0.05, 0) is 24.6 Å². The maximum atomic E-state index is 11.8. The van der Waals surface area contributed by atoms with Crippen molar-refractivity contribution in [1.29, 1.82) is 0 Å². The normalized spacial score (nSPS) is 11.9. The molecule has 1 amide bonds. The second-order valence-electron chi connectivity index (χ2n) is 4.22. The van der Waals surface area contributed by atoms with Gasteiger partial charge in [-0.1, -0.05) is 28.1 Å². The Kier molecular flexibility index (Phi) is 7.25. The molecule has 1 unspecified atom stereocenters. The third-order valence-corrected chi connectivity index (χ3v) is 3.14. The number of hydrogen-bond acceptors (Lipinski definition) is 3. The lowest BCUT2D eigenvalue weighted by Crippen LogP contribution is -2.30. The van der Waals surface area contributed by atoms with Crippen molar-refractivity contribution in [2.24, 2.45) is 0 Å². The SMILES string of the molecule is CCOCCC(=O)NC(CC(=O)O)c1cccc(Br)c1. The van der Waals surface area contributed by atoms with Crippen LogP contribution in [0.3, 0.4) is 0 Å². The van der Waals surface area contributed by atoms with Crippen LogP contribution in [-0.2, 0) is 14.3 Å². The summed E-state index contributed by atoms with van der Waals surface area (Å²) < 4.78 is 5.95. The van der Waals surface area contributed by atoms with E-state index in [2.05, 4.69) is 21.2 Å². The van der Waals surface area contributed by atoms with Crippen molar-refractivity contribution in [2.45, 2.75) is 25.8 Å². The van der Waals surface area contributed by atoms with Gasteiger partial charge in [-0.15, -0.1) is 0 Å². The molecule has 1 atom stereocenters. The quantitative estimate of drug-likeness (QED) is 0.711. The van der Waals surface area contributed by atoms with Gasteiger partial charge >= 0.3 is 5.97 Å². The number of benzene rings is 1. The first-order valence-corrected chi connectivity index (χ1v) is 7.16. The van der Waals surface area contributed by atoms with E-state index in [1.807, 2.05) is 13.0 Å². The minimum absolute atomic E-state index is 0.156. The lowest BCUT2D eigenvalue weighted by Gasteiger charge is -2.17. The largest absolute Gasteiger partial charge is 0.481 e. The van der Waals surface area contributed by atoms with Crippen LogP contribution in [0.5, 0.6) is 0 Å². The molecule has 0 aromatic heterocycles. The molecule has 6 heteroatoms. The number of rotatable bonds is 8. The molecule has 1 aromatic rings. The molecular weight excluding hydrogens is 326 g/mol. The summed E-state index contributed by atoms with van der Waals surface area (Å²) in [5, 5.41) is 11.7. The fourth-order valence-electron chi connectivity index (χ4n) is 1.73. The van der Waals surface area contributed by atoms with E-state index in [1.54, 1.807) is 18.2 Å². The average Bonchev–Trinajstić information content (AvgIpc) is 2.38. The van der Waals surface area contributed by atoms with Gasteiger partial charge in [0.15, 0.2) is 0 Å². The van der Waals surface area contributed by atoms with Crippen molar-refractivity contribution in [1.82, 2.24) is 5.32 Å². The molecule has 20 heavy (non-hydrogen) atoms. The maximum Gasteiger partial charge on any atom is 0.305 e. The topological polar surface area (TPSA) is 75.6 Å². The summed E-state index contributed by atoms with van der Waals surface area (Å²) in [4.78, 5) is 22.7. The molecule has 1 aromatic carbocycles. The number of carboxylic acid groups (broad SMARTS) is 1.